The van der Waals surface area contributed by atoms with Crippen LogP contribution in [0.3, 0.4) is 0 Å². The highest BCUT2D eigenvalue weighted by molar-refractivity contribution is 4.57. The predicted octanol–water partition coefficient (Wildman–Crippen LogP) is 0.310. The number of unbranched alkanes of at least 4 members (excludes halogenated alkanes) is 5. The minimum absolute atomic E-state index is 0.0499. The zero-order chi connectivity index (χ0) is 12.2. The number of quaternary nitrogens is 1. The van der Waals surface area contributed by atoms with Gasteiger partial charge in [0.25, 0.3) is 0 Å². The lowest BCUT2D eigenvalue weighted by Crippen LogP contribution is -3.05. The van der Waals surface area contributed by atoms with Crippen molar-refractivity contribution in [1.82, 2.24) is 5.32 Å². The van der Waals surface area contributed by atoms with Crippen LogP contribution in [0.4, 0.5) is 0 Å². The van der Waals surface area contributed by atoms with Gasteiger partial charge in [0.05, 0.1) is 7.05 Å². The average Bonchev–Trinajstić information content (AvgIpc) is 2.21. The zero-order valence-electron chi connectivity index (χ0n) is 10.8. The maximum absolute atomic E-state index is 10.7. The lowest BCUT2D eigenvalue weighted by Gasteiger charge is -2.20. The molecule has 4 nitrogen and oxygen atoms in total. The van der Waals surface area contributed by atoms with Gasteiger partial charge in [0, 0.05) is 6.54 Å². The van der Waals surface area contributed by atoms with Crippen LogP contribution in [0.1, 0.15) is 45.4 Å². The lowest BCUT2D eigenvalue weighted by molar-refractivity contribution is -0.829. The van der Waals surface area contributed by atoms with E-state index in [2.05, 4.69) is 12.2 Å². The molecule has 4 heteroatoms. The molecule has 0 saturated heterocycles. The third kappa shape index (κ3) is 11.9. The molecule has 0 saturated carbocycles. The van der Waals surface area contributed by atoms with Gasteiger partial charge in [0.1, 0.15) is 12.6 Å². The predicted molar refractivity (Wildman–Crippen MR) is 67.4 cm³/mol. The largest absolute Gasteiger partial charge is 0.634 e. The third-order valence-corrected chi connectivity index (χ3v) is 2.61. The SMILES string of the molecule is CCCCCCCCNCC(O)C[NH+](C)[O-]. The van der Waals surface area contributed by atoms with Crippen LogP contribution >= 0.6 is 0 Å². The molecule has 0 heterocycles. The molecule has 0 amide bonds. The molecular weight excluding hydrogens is 204 g/mol. The number of hydrogen-bond donors (Lipinski definition) is 3. The van der Waals surface area contributed by atoms with Crippen LogP contribution in [0.5, 0.6) is 0 Å². The van der Waals surface area contributed by atoms with Crippen molar-refractivity contribution in [3.05, 3.63) is 5.21 Å². The van der Waals surface area contributed by atoms with Gasteiger partial charge in [-0.3, -0.25) is 0 Å². The Morgan fingerprint density at radius 3 is 2.44 bits per heavy atom. The molecule has 16 heavy (non-hydrogen) atoms. The van der Waals surface area contributed by atoms with E-state index in [0.717, 1.165) is 13.0 Å². The van der Waals surface area contributed by atoms with Gasteiger partial charge in [0.2, 0.25) is 0 Å². The standard InChI is InChI=1S/C12H28N2O2/c1-3-4-5-6-7-8-9-13-10-12(15)11-14(2)16/h12-15H,3-11H2,1-2H3. The first-order chi connectivity index (χ1) is 7.66. The lowest BCUT2D eigenvalue weighted by atomic mass is 10.1. The molecule has 0 aliphatic carbocycles. The Labute approximate surface area is 99.6 Å². The summed E-state index contributed by atoms with van der Waals surface area (Å²) in [6, 6.07) is 0. The molecule has 0 aromatic heterocycles. The van der Waals surface area contributed by atoms with Gasteiger partial charge in [-0.25, -0.2) is 0 Å². The summed E-state index contributed by atoms with van der Waals surface area (Å²) in [4.78, 5) is 0. The summed E-state index contributed by atoms with van der Waals surface area (Å²) in [5.41, 5.74) is 0. The molecule has 0 aromatic carbocycles. The Balaban J connectivity index is 3.08. The number of hydrogen-bond acceptors (Lipinski definition) is 3. The smallest absolute Gasteiger partial charge is 0.115 e. The fourth-order valence-electron chi connectivity index (χ4n) is 1.70. The molecule has 0 aromatic rings. The van der Waals surface area contributed by atoms with Crippen molar-refractivity contribution >= 4 is 0 Å². The number of hydroxylamine groups is 2. The molecule has 98 valence electrons. The van der Waals surface area contributed by atoms with E-state index >= 15 is 0 Å². The quantitative estimate of drug-likeness (QED) is 0.355. The van der Waals surface area contributed by atoms with E-state index in [4.69, 9.17) is 0 Å². The number of rotatable bonds is 11. The van der Waals surface area contributed by atoms with Crippen molar-refractivity contribution in [2.24, 2.45) is 0 Å². The molecule has 0 aliphatic heterocycles. The molecule has 0 fully saturated rings. The average molecular weight is 232 g/mol. The summed E-state index contributed by atoms with van der Waals surface area (Å²) >= 11 is 0. The molecule has 3 N–H and O–H groups in total. The van der Waals surface area contributed by atoms with Crippen molar-refractivity contribution in [3.8, 4) is 0 Å². The Bertz CT molecular complexity index is 143. The highest BCUT2D eigenvalue weighted by atomic mass is 16.5. The Morgan fingerprint density at radius 1 is 1.19 bits per heavy atom. The van der Waals surface area contributed by atoms with Gasteiger partial charge in [0.15, 0.2) is 0 Å². The van der Waals surface area contributed by atoms with Crippen molar-refractivity contribution in [3.63, 3.8) is 0 Å². The highest BCUT2D eigenvalue weighted by Gasteiger charge is 2.04. The first-order valence-electron chi connectivity index (χ1n) is 6.55. The molecule has 0 radical (unpaired) electrons. The van der Waals surface area contributed by atoms with E-state index in [1.807, 2.05) is 0 Å². The summed E-state index contributed by atoms with van der Waals surface area (Å²) in [6.45, 7) is 3.97. The third-order valence-electron chi connectivity index (χ3n) is 2.61. The van der Waals surface area contributed by atoms with Crippen LogP contribution in [-0.4, -0.2) is 37.9 Å². The topological polar surface area (TPSA) is 59.8 Å². The van der Waals surface area contributed by atoms with Gasteiger partial charge in [-0.05, 0) is 13.0 Å². The molecular formula is C12H28N2O2. The molecule has 0 spiro atoms. The minimum Gasteiger partial charge on any atom is -0.634 e. The van der Waals surface area contributed by atoms with Crippen LogP contribution in [0.2, 0.25) is 0 Å². The Kier molecular flexibility index (Phi) is 11.2. The number of aliphatic hydroxyl groups is 1. The van der Waals surface area contributed by atoms with Crippen LogP contribution in [-0.2, 0) is 0 Å². The first-order valence-corrected chi connectivity index (χ1v) is 6.55. The van der Waals surface area contributed by atoms with Crippen molar-refractivity contribution in [2.45, 2.75) is 51.6 Å². The van der Waals surface area contributed by atoms with Crippen molar-refractivity contribution in [2.75, 3.05) is 26.7 Å². The first kappa shape index (κ1) is 15.8. The van der Waals surface area contributed by atoms with Crippen molar-refractivity contribution in [1.29, 1.82) is 0 Å². The van der Waals surface area contributed by atoms with Gasteiger partial charge in [-0.2, -0.15) is 0 Å². The number of nitrogens with one attached hydrogen (secondary N) is 2. The monoisotopic (exact) mass is 232 g/mol. The number of likely N-dealkylation sites (N-methyl/N-ethyl adjacent to an activating group) is 1. The minimum atomic E-state index is -0.516. The van der Waals surface area contributed by atoms with E-state index in [1.54, 1.807) is 0 Å². The second kappa shape index (κ2) is 11.3. The van der Waals surface area contributed by atoms with Crippen LogP contribution in [0.25, 0.3) is 0 Å². The molecule has 0 aliphatic rings. The molecule has 0 bridgehead atoms. The highest BCUT2D eigenvalue weighted by Crippen LogP contribution is 2.03. The van der Waals surface area contributed by atoms with Gasteiger partial charge in [-0.15, -0.1) is 0 Å². The normalized spacial score (nSPS) is 15.0. The fourth-order valence-corrected chi connectivity index (χ4v) is 1.70. The molecule has 2 unspecified atom stereocenters. The van der Waals surface area contributed by atoms with Gasteiger partial charge >= 0.3 is 0 Å². The summed E-state index contributed by atoms with van der Waals surface area (Å²) in [7, 11) is 1.51. The van der Waals surface area contributed by atoms with E-state index in [0.29, 0.717) is 6.54 Å². The van der Waals surface area contributed by atoms with E-state index < -0.39 is 6.10 Å². The maximum Gasteiger partial charge on any atom is 0.115 e. The second-order valence-electron chi connectivity index (χ2n) is 4.53. The van der Waals surface area contributed by atoms with Crippen LogP contribution in [0.15, 0.2) is 0 Å². The van der Waals surface area contributed by atoms with Crippen LogP contribution in [0, 0.1) is 5.21 Å². The summed E-state index contributed by atoms with van der Waals surface area (Å²) in [6.07, 6.45) is 7.18. The van der Waals surface area contributed by atoms with E-state index in [1.165, 1.54) is 39.2 Å². The fraction of sp³-hybridized carbons (Fsp3) is 1.00. The van der Waals surface area contributed by atoms with E-state index in [9.17, 15) is 10.3 Å². The summed E-state index contributed by atoms with van der Waals surface area (Å²) in [5, 5.41) is 23.3. The number of aliphatic hydroxyl groups excluding tert-OH is 1. The van der Waals surface area contributed by atoms with Gasteiger partial charge in [-0.1, -0.05) is 39.0 Å². The Morgan fingerprint density at radius 2 is 1.81 bits per heavy atom. The van der Waals surface area contributed by atoms with Gasteiger partial charge < -0.3 is 20.7 Å². The molecule has 2 atom stereocenters. The van der Waals surface area contributed by atoms with Crippen LogP contribution < -0.4 is 10.4 Å². The zero-order valence-corrected chi connectivity index (χ0v) is 10.8. The van der Waals surface area contributed by atoms with Crippen molar-refractivity contribution < 1.29 is 10.2 Å². The Hall–Kier alpha value is -0.160. The van der Waals surface area contributed by atoms with E-state index in [-0.39, 0.29) is 11.6 Å². The summed E-state index contributed by atoms with van der Waals surface area (Å²) in [5.74, 6) is 0. The summed E-state index contributed by atoms with van der Waals surface area (Å²) < 4.78 is 0. The maximum atomic E-state index is 10.7. The molecule has 0 rings (SSSR count). The second-order valence-corrected chi connectivity index (χ2v) is 4.53.